The van der Waals surface area contributed by atoms with Crippen molar-refractivity contribution in [3.8, 4) is 22.6 Å². The lowest BCUT2D eigenvalue weighted by atomic mass is 9.98. The number of nitrogens with one attached hydrogen (secondary N) is 2. The summed E-state index contributed by atoms with van der Waals surface area (Å²) in [4.78, 5) is 17.1. The van der Waals surface area contributed by atoms with Gasteiger partial charge in [0.25, 0.3) is 5.22 Å². The number of nitrogens with two attached hydrogens (primary N) is 1. The zero-order valence-corrected chi connectivity index (χ0v) is 26.6. The lowest BCUT2D eigenvalue weighted by Crippen LogP contribution is -2.46. The van der Waals surface area contributed by atoms with E-state index in [4.69, 9.17) is 14.9 Å². The molecule has 13 heteroatoms. The molecule has 0 bridgehead atoms. The number of carbonyl (C=O) groups is 1. The third-order valence-corrected chi connectivity index (χ3v) is 8.88. The second-order valence-corrected chi connectivity index (χ2v) is 12.4. The first-order valence-corrected chi connectivity index (χ1v) is 16.4. The molecule has 1 amide bonds. The van der Waals surface area contributed by atoms with Crippen LogP contribution in [0, 0.1) is 17.5 Å². The van der Waals surface area contributed by atoms with Crippen molar-refractivity contribution in [3.63, 3.8) is 0 Å². The van der Waals surface area contributed by atoms with E-state index < -0.39 is 29.4 Å². The standard InChI is InChI=1S/C35H33F3N6O3S/c36-24-7-5-22(6-8-24)28-16-21(4-11-30(28)38)17-31(39)33(45)42-32-3-1-2-29(37)27(32)10-9-25-18-41-19-26(46-25)20-48-35-44-43-34(47-35)23-12-14-40-15-13-23/h1-8,11-16,25-26,31,41H,9-10,17-20,39H2,(H,42,45)/t25-,26+,31+/m1/s1. The highest BCUT2D eigenvalue weighted by Crippen LogP contribution is 2.27. The average Bonchev–Trinajstić information content (AvgIpc) is 3.58. The number of nitrogens with zero attached hydrogens (tertiary/aromatic N) is 3. The van der Waals surface area contributed by atoms with E-state index in [0.29, 0.717) is 65.2 Å². The van der Waals surface area contributed by atoms with Crippen molar-refractivity contribution in [3.05, 3.63) is 114 Å². The van der Waals surface area contributed by atoms with Gasteiger partial charge >= 0.3 is 0 Å². The van der Waals surface area contributed by atoms with Crippen LogP contribution in [0.4, 0.5) is 18.9 Å². The van der Waals surface area contributed by atoms with Crippen LogP contribution in [0.25, 0.3) is 22.6 Å². The van der Waals surface area contributed by atoms with Gasteiger partial charge in [-0.2, -0.15) is 0 Å². The highest BCUT2D eigenvalue weighted by atomic mass is 32.2. The molecule has 3 heterocycles. The Hall–Kier alpha value is -4.56. The third kappa shape index (κ3) is 8.47. The van der Waals surface area contributed by atoms with Gasteiger partial charge in [-0.15, -0.1) is 10.2 Å². The lowest BCUT2D eigenvalue weighted by Gasteiger charge is -2.30. The van der Waals surface area contributed by atoms with Gasteiger partial charge in [0.2, 0.25) is 11.8 Å². The van der Waals surface area contributed by atoms with Gasteiger partial charge in [0.1, 0.15) is 17.5 Å². The molecule has 0 saturated carbocycles. The fraction of sp³-hybridized carbons (Fsp3) is 0.257. The van der Waals surface area contributed by atoms with Crippen LogP contribution in [0.3, 0.4) is 0 Å². The fourth-order valence-electron chi connectivity index (χ4n) is 5.44. The number of rotatable bonds is 12. The molecule has 1 aliphatic heterocycles. The van der Waals surface area contributed by atoms with Crippen LogP contribution in [0.15, 0.2) is 94.8 Å². The summed E-state index contributed by atoms with van der Waals surface area (Å²) < 4.78 is 55.0. The number of hydrogen-bond donors (Lipinski definition) is 3. The van der Waals surface area contributed by atoms with Gasteiger partial charge in [0.05, 0.1) is 18.2 Å². The van der Waals surface area contributed by atoms with Crippen LogP contribution in [-0.4, -0.2) is 58.2 Å². The molecule has 5 aromatic rings. The molecule has 0 aliphatic carbocycles. The van der Waals surface area contributed by atoms with Crippen LogP contribution in [0.5, 0.6) is 0 Å². The number of aromatic nitrogens is 3. The van der Waals surface area contributed by atoms with Gasteiger partial charge < -0.3 is 25.5 Å². The molecular formula is C35H33F3N6O3S. The number of halogens is 3. The molecule has 6 rings (SSSR count). The van der Waals surface area contributed by atoms with Crippen LogP contribution < -0.4 is 16.4 Å². The van der Waals surface area contributed by atoms with E-state index in [9.17, 15) is 13.6 Å². The number of thioether (sulfide) groups is 1. The summed E-state index contributed by atoms with van der Waals surface area (Å²) in [5, 5.41) is 14.8. The third-order valence-electron chi connectivity index (χ3n) is 7.93. The topological polar surface area (TPSA) is 128 Å². The van der Waals surface area contributed by atoms with Crippen molar-refractivity contribution in [1.82, 2.24) is 20.5 Å². The minimum atomic E-state index is -0.989. The molecule has 1 aliphatic rings. The normalized spacial score (nSPS) is 16.8. The number of ether oxygens (including phenoxy) is 1. The van der Waals surface area contributed by atoms with Gasteiger partial charge in [-0.3, -0.25) is 9.78 Å². The van der Waals surface area contributed by atoms with Gasteiger partial charge in [-0.25, -0.2) is 13.2 Å². The number of hydrogen-bond acceptors (Lipinski definition) is 9. The molecule has 3 aromatic carbocycles. The first kappa shape index (κ1) is 33.3. The number of morpholine rings is 1. The van der Waals surface area contributed by atoms with Crippen molar-refractivity contribution >= 4 is 23.4 Å². The maximum atomic E-state index is 15.1. The molecule has 0 unspecified atom stereocenters. The number of pyridine rings is 1. The molecule has 9 nitrogen and oxygen atoms in total. The second kappa shape index (κ2) is 15.6. The molecule has 48 heavy (non-hydrogen) atoms. The summed E-state index contributed by atoms with van der Waals surface area (Å²) in [7, 11) is 0. The van der Waals surface area contributed by atoms with Gasteiger partial charge in [-0.1, -0.05) is 36.0 Å². The highest BCUT2D eigenvalue weighted by Gasteiger charge is 2.25. The molecule has 2 aromatic heterocycles. The first-order valence-electron chi connectivity index (χ1n) is 15.4. The summed E-state index contributed by atoms with van der Waals surface area (Å²) in [5.41, 5.74) is 9.12. The van der Waals surface area contributed by atoms with Crippen LogP contribution in [0.1, 0.15) is 17.5 Å². The summed E-state index contributed by atoms with van der Waals surface area (Å²) in [6.07, 6.45) is 3.95. The van der Waals surface area contributed by atoms with Crippen molar-refractivity contribution in [1.29, 1.82) is 0 Å². The Kier molecular flexibility index (Phi) is 10.8. The molecular weight excluding hydrogens is 641 g/mol. The zero-order valence-electron chi connectivity index (χ0n) is 25.7. The predicted octanol–water partition coefficient (Wildman–Crippen LogP) is 5.81. The number of carbonyl (C=O) groups excluding carboxylic acids is 1. The van der Waals surface area contributed by atoms with Crippen LogP contribution in [0.2, 0.25) is 0 Å². The molecule has 248 valence electrons. The summed E-state index contributed by atoms with van der Waals surface area (Å²) >= 11 is 1.40. The van der Waals surface area contributed by atoms with Crippen LogP contribution >= 0.6 is 11.8 Å². The fourth-order valence-corrected chi connectivity index (χ4v) is 6.20. The first-order chi connectivity index (χ1) is 23.3. The number of amides is 1. The SMILES string of the molecule is N[C@@H](Cc1ccc(F)c(-c2ccc(F)cc2)c1)C(=O)Nc1cccc(F)c1CC[C@@H]1CNC[C@@H](CSc2nnc(-c3ccncc3)o2)O1. The van der Waals surface area contributed by atoms with Crippen LogP contribution in [-0.2, 0) is 22.4 Å². The maximum Gasteiger partial charge on any atom is 0.276 e. The monoisotopic (exact) mass is 674 g/mol. The van der Waals surface area contributed by atoms with Crippen molar-refractivity contribution < 1.29 is 27.1 Å². The van der Waals surface area contributed by atoms with Gasteiger partial charge in [0, 0.05) is 53.6 Å². The Bertz CT molecular complexity index is 1840. The summed E-state index contributed by atoms with van der Waals surface area (Å²) in [5.74, 6) is -0.848. The Morgan fingerprint density at radius 3 is 2.56 bits per heavy atom. The minimum absolute atomic E-state index is 0.112. The Balaban J connectivity index is 1.03. The van der Waals surface area contributed by atoms with Crippen molar-refractivity contribution in [2.24, 2.45) is 5.73 Å². The van der Waals surface area contributed by atoms with E-state index >= 15 is 4.39 Å². The molecule has 1 saturated heterocycles. The Morgan fingerprint density at radius 2 is 1.75 bits per heavy atom. The molecule has 1 fully saturated rings. The molecule has 3 atom stereocenters. The quantitative estimate of drug-likeness (QED) is 0.141. The smallest absolute Gasteiger partial charge is 0.276 e. The average molecular weight is 675 g/mol. The largest absolute Gasteiger partial charge is 0.411 e. The van der Waals surface area contributed by atoms with E-state index in [1.54, 1.807) is 42.7 Å². The van der Waals surface area contributed by atoms with E-state index in [-0.39, 0.29) is 24.2 Å². The summed E-state index contributed by atoms with van der Waals surface area (Å²) in [6, 6.07) is 17.0. The van der Waals surface area contributed by atoms with Gasteiger partial charge in [0.15, 0.2) is 0 Å². The minimum Gasteiger partial charge on any atom is -0.411 e. The van der Waals surface area contributed by atoms with Gasteiger partial charge in [-0.05, 0) is 78.9 Å². The maximum absolute atomic E-state index is 15.1. The summed E-state index contributed by atoms with van der Waals surface area (Å²) in [6.45, 7) is 1.25. The molecule has 4 N–H and O–H groups in total. The lowest BCUT2D eigenvalue weighted by molar-refractivity contribution is -0.117. The zero-order chi connectivity index (χ0) is 33.5. The number of anilines is 1. The van der Waals surface area contributed by atoms with E-state index in [1.807, 2.05) is 0 Å². The predicted molar refractivity (Wildman–Crippen MR) is 177 cm³/mol. The van der Waals surface area contributed by atoms with Crippen molar-refractivity contribution in [2.45, 2.75) is 42.7 Å². The highest BCUT2D eigenvalue weighted by molar-refractivity contribution is 7.99. The Morgan fingerprint density at radius 1 is 0.958 bits per heavy atom. The molecule has 0 radical (unpaired) electrons. The van der Waals surface area contributed by atoms with E-state index in [2.05, 4.69) is 25.8 Å². The Labute approximate surface area is 279 Å². The van der Waals surface area contributed by atoms with E-state index in [1.165, 1.54) is 54.2 Å². The number of benzene rings is 3. The van der Waals surface area contributed by atoms with E-state index in [0.717, 1.165) is 5.56 Å². The molecule has 0 spiro atoms. The van der Waals surface area contributed by atoms with Crippen molar-refractivity contribution in [2.75, 3.05) is 24.2 Å². The second-order valence-electron chi connectivity index (χ2n) is 11.4.